The van der Waals surface area contributed by atoms with Crippen LogP contribution >= 0.6 is 0 Å². The molecule has 1 fully saturated rings. The minimum atomic E-state index is 0.297. The summed E-state index contributed by atoms with van der Waals surface area (Å²) in [6.45, 7) is 4.11. The van der Waals surface area contributed by atoms with Gasteiger partial charge in [-0.15, -0.1) is 0 Å². The van der Waals surface area contributed by atoms with E-state index >= 15 is 0 Å². The number of amides is 1. The van der Waals surface area contributed by atoms with Crippen molar-refractivity contribution in [2.24, 2.45) is 0 Å². The van der Waals surface area contributed by atoms with Crippen LogP contribution in [-0.4, -0.2) is 45.2 Å². The van der Waals surface area contributed by atoms with Gasteiger partial charge in [0.15, 0.2) is 0 Å². The molecule has 4 rings (SSSR count). The Kier molecular flexibility index (Phi) is 6.32. The van der Waals surface area contributed by atoms with E-state index in [2.05, 4.69) is 40.8 Å². The fourth-order valence-electron chi connectivity index (χ4n) is 3.75. The number of benzene rings is 1. The normalized spacial score (nSPS) is 13.9. The predicted molar refractivity (Wildman–Crippen MR) is 113 cm³/mol. The lowest BCUT2D eigenvalue weighted by molar-refractivity contribution is -0.127. The molecule has 0 spiro atoms. The van der Waals surface area contributed by atoms with Crippen molar-refractivity contribution >= 4 is 5.91 Å². The second-order valence-electron chi connectivity index (χ2n) is 7.44. The number of hydrogen-bond donors (Lipinski definition) is 1. The number of nitrogens with one attached hydrogen (secondary N) is 1. The molecule has 0 saturated carbocycles. The van der Waals surface area contributed by atoms with Gasteiger partial charge >= 0.3 is 0 Å². The van der Waals surface area contributed by atoms with Gasteiger partial charge in [-0.1, -0.05) is 30.3 Å². The Labute approximate surface area is 171 Å². The van der Waals surface area contributed by atoms with Crippen molar-refractivity contribution in [3.8, 4) is 11.3 Å². The Hall–Kier alpha value is -2.99. The van der Waals surface area contributed by atoms with Gasteiger partial charge in [-0.05, 0) is 37.1 Å². The third-order valence-corrected chi connectivity index (χ3v) is 5.23. The molecule has 1 saturated heterocycles. The average Bonchev–Trinajstić information content (AvgIpc) is 3.35. The second kappa shape index (κ2) is 9.47. The van der Waals surface area contributed by atoms with E-state index < -0.39 is 0 Å². The Morgan fingerprint density at radius 3 is 2.76 bits per heavy atom. The number of nitrogens with zero attached hydrogens (tertiary/aromatic N) is 4. The summed E-state index contributed by atoms with van der Waals surface area (Å²) in [6.07, 6.45) is 8.43. The minimum Gasteiger partial charge on any atom is -0.343 e. The number of hydrogen-bond acceptors (Lipinski definition) is 4. The first kappa shape index (κ1) is 19.3. The summed E-state index contributed by atoms with van der Waals surface area (Å²) in [7, 11) is 0. The fraction of sp³-hybridized carbons (Fsp3) is 0.348. The maximum Gasteiger partial charge on any atom is 0.222 e. The highest BCUT2D eigenvalue weighted by molar-refractivity contribution is 5.78. The van der Waals surface area contributed by atoms with E-state index in [-0.39, 0.29) is 0 Å². The average molecular weight is 390 g/mol. The van der Waals surface area contributed by atoms with Gasteiger partial charge in [0, 0.05) is 55.8 Å². The molecule has 0 aliphatic carbocycles. The van der Waals surface area contributed by atoms with E-state index in [0.717, 1.165) is 62.4 Å². The molecule has 150 valence electrons. The number of pyridine rings is 1. The van der Waals surface area contributed by atoms with Crippen LogP contribution in [0.3, 0.4) is 0 Å². The molecule has 1 aliphatic heterocycles. The summed E-state index contributed by atoms with van der Waals surface area (Å²) in [5, 5.41) is 8.35. The maximum absolute atomic E-state index is 11.7. The van der Waals surface area contributed by atoms with Crippen LogP contribution in [0.1, 0.15) is 30.4 Å². The quantitative estimate of drug-likeness (QED) is 0.571. The zero-order chi connectivity index (χ0) is 19.9. The topological polar surface area (TPSA) is 63.1 Å². The number of carbonyl (C=O) groups excluding carboxylic acids is 1. The van der Waals surface area contributed by atoms with Gasteiger partial charge in [0.2, 0.25) is 5.91 Å². The van der Waals surface area contributed by atoms with Crippen LogP contribution in [0.4, 0.5) is 0 Å². The molecule has 1 N–H and O–H groups in total. The van der Waals surface area contributed by atoms with Crippen LogP contribution in [0.5, 0.6) is 0 Å². The Morgan fingerprint density at radius 2 is 2.00 bits per heavy atom. The zero-order valence-corrected chi connectivity index (χ0v) is 16.6. The van der Waals surface area contributed by atoms with E-state index in [4.69, 9.17) is 5.10 Å². The number of likely N-dealkylation sites (tertiary alicyclic amines) is 1. The largest absolute Gasteiger partial charge is 0.343 e. The molecule has 1 aromatic carbocycles. The zero-order valence-electron chi connectivity index (χ0n) is 16.6. The van der Waals surface area contributed by atoms with E-state index in [1.807, 2.05) is 34.0 Å². The molecular weight excluding hydrogens is 362 g/mol. The monoisotopic (exact) mass is 389 g/mol. The summed E-state index contributed by atoms with van der Waals surface area (Å²) < 4.78 is 2.00. The lowest BCUT2D eigenvalue weighted by Crippen LogP contribution is -2.28. The number of carbonyl (C=O) groups is 1. The summed E-state index contributed by atoms with van der Waals surface area (Å²) in [5.74, 6) is 0.297. The first-order chi connectivity index (χ1) is 14.3. The van der Waals surface area contributed by atoms with Crippen LogP contribution in [0.2, 0.25) is 0 Å². The molecule has 0 radical (unpaired) electrons. The van der Waals surface area contributed by atoms with Crippen molar-refractivity contribution in [3.05, 3.63) is 72.2 Å². The predicted octanol–water partition coefficient (Wildman–Crippen LogP) is 3.10. The molecule has 3 aromatic rings. The second-order valence-corrected chi connectivity index (χ2v) is 7.44. The highest BCUT2D eigenvalue weighted by Crippen LogP contribution is 2.21. The summed E-state index contributed by atoms with van der Waals surface area (Å²) in [6, 6.07) is 14.3. The van der Waals surface area contributed by atoms with Gasteiger partial charge in [0.1, 0.15) is 0 Å². The van der Waals surface area contributed by atoms with Gasteiger partial charge in [0.25, 0.3) is 0 Å². The third kappa shape index (κ3) is 5.09. The first-order valence-corrected chi connectivity index (χ1v) is 10.3. The summed E-state index contributed by atoms with van der Waals surface area (Å²) in [5.41, 5.74) is 4.38. The van der Waals surface area contributed by atoms with Gasteiger partial charge in [-0.25, -0.2) is 0 Å². The van der Waals surface area contributed by atoms with Crippen LogP contribution in [0.25, 0.3) is 11.3 Å². The van der Waals surface area contributed by atoms with Gasteiger partial charge in [-0.3, -0.25) is 14.5 Å². The van der Waals surface area contributed by atoms with Crippen molar-refractivity contribution in [1.29, 1.82) is 0 Å². The van der Waals surface area contributed by atoms with Gasteiger partial charge < -0.3 is 10.2 Å². The molecule has 0 bridgehead atoms. The molecule has 6 heteroatoms. The summed E-state index contributed by atoms with van der Waals surface area (Å²) in [4.78, 5) is 17.9. The highest BCUT2D eigenvalue weighted by Gasteiger charge is 2.19. The van der Waals surface area contributed by atoms with Gasteiger partial charge in [-0.2, -0.15) is 5.10 Å². The van der Waals surface area contributed by atoms with Crippen LogP contribution < -0.4 is 5.32 Å². The van der Waals surface area contributed by atoms with E-state index in [9.17, 15) is 4.79 Å². The van der Waals surface area contributed by atoms with Crippen molar-refractivity contribution in [2.75, 3.05) is 19.6 Å². The Balaban J connectivity index is 1.39. The molecule has 0 unspecified atom stereocenters. The third-order valence-electron chi connectivity index (χ3n) is 5.23. The lowest BCUT2D eigenvalue weighted by atomic mass is 10.1. The van der Waals surface area contributed by atoms with E-state index in [1.165, 1.54) is 5.56 Å². The van der Waals surface area contributed by atoms with Crippen LogP contribution in [0, 0.1) is 0 Å². The number of rotatable bonds is 9. The Morgan fingerprint density at radius 1 is 1.10 bits per heavy atom. The molecule has 1 amide bonds. The molecule has 3 heterocycles. The molecule has 0 atom stereocenters. The molecule has 6 nitrogen and oxygen atoms in total. The highest BCUT2D eigenvalue weighted by atomic mass is 16.2. The van der Waals surface area contributed by atoms with Crippen molar-refractivity contribution in [2.45, 2.75) is 32.4 Å². The Bertz CT molecular complexity index is 923. The molecule has 29 heavy (non-hydrogen) atoms. The first-order valence-electron chi connectivity index (χ1n) is 10.3. The maximum atomic E-state index is 11.7. The lowest BCUT2D eigenvalue weighted by Gasteiger charge is -2.15. The molecule has 2 aromatic heterocycles. The van der Waals surface area contributed by atoms with Crippen molar-refractivity contribution in [1.82, 2.24) is 25.0 Å². The van der Waals surface area contributed by atoms with E-state index in [1.54, 1.807) is 6.20 Å². The van der Waals surface area contributed by atoms with Crippen molar-refractivity contribution < 1.29 is 4.79 Å². The minimum absolute atomic E-state index is 0.297. The van der Waals surface area contributed by atoms with Crippen molar-refractivity contribution in [3.63, 3.8) is 0 Å². The fourth-order valence-corrected chi connectivity index (χ4v) is 3.75. The number of aromatic nitrogens is 3. The molecular formula is C23H27N5O. The van der Waals surface area contributed by atoms with Crippen LogP contribution in [0.15, 0.2) is 61.1 Å². The smallest absolute Gasteiger partial charge is 0.222 e. The SMILES string of the molecule is O=C1CCCN1CCCNCc1cn(Cc2ccccc2)nc1-c1cccnc1. The van der Waals surface area contributed by atoms with Gasteiger partial charge in [0.05, 0.1) is 12.2 Å². The summed E-state index contributed by atoms with van der Waals surface area (Å²) >= 11 is 0. The standard InChI is InChI=1S/C23H27N5O/c29-22-10-5-13-27(22)14-6-12-25-16-21-18-28(17-19-7-2-1-3-8-19)26-23(21)20-9-4-11-24-15-20/h1-4,7-9,11,15,18,25H,5-6,10,12-14,16-17H2. The van der Waals surface area contributed by atoms with E-state index in [0.29, 0.717) is 12.3 Å². The molecule has 1 aliphatic rings. The van der Waals surface area contributed by atoms with Crippen LogP contribution in [-0.2, 0) is 17.9 Å².